The van der Waals surface area contributed by atoms with Crippen LogP contribution >= 0.6 is 0 Å². The number of anilines is 1. The highest BCUT2D eigenvalue weighted by atomic mass is 19.4. The number of nitrogens with two attached hydrogens (primary N) is 1. The van der Waals surface area contributed by atoms with E-state index >= 15 is 0 Å². The van der Waals surface area contributed by atoms with E-state index in [4.69, 9.17) is 5.73 Å². The fraction of sp³-hybridized carbons (Fsp3) is 0.500. The summed E-state index contributed by atoms with van der Waals surface area (Å²) >= 11 is 0. The Morgan fingerprint density at radius 3 is 2.55 bits per heavy atom. The van der Waals surface area contributed by atoms with Crippen molar-refractivity contribution in [2.24, 2.45) is 0 Å². The van der Waals surface area contributed by atoms with Gasteiger partial charge in [-0.1, -0.05) is 5.21 Å². The third-order valence-corrected chi connectivity index (χ3v) is 0.898. The van der Waals surface area contributed by atoms with E-state index in [9.17, 15) is 13.2 Å². The van der Waals surface area contributed by atoms with Crippen LogP contribution in [-0.2, 0) is 6.54 Å². The molecular weight excluding hydrogens is 161 g/mol. The Morgan fingerprint density at radius 1 is 1.55 bits per heavy atom. The predicted molar refractivity (Wildman–Crippen MR) is 30.5 cm³/mol. The van der Waals surface area contributed by atoms with Crippen LogP contribution in [0.1, 0.15) is 0 Å². The molecule has 1 aromatic rings. The van der Waals surface area contributed by atoms with Crippen molar-refractivity contribution < 1.29 is 13.2 Å². The summed E-state index contributed by atoms with van der Waals surface area (Å²) in [6.45, 7) is -1.16. The summed E-state index contributed by atoms with van der Waals surface area (Å²) in [4.78, 5) is 0. The molecule has 0 aliphatic heterocycles. The van der Waals surface area contributed by atoms with Gasteiger partial charge in [-0.05, 0) is 0 Å². The maximum Gasteiger partial charge on any atom is 0.408 e. The van der Waals surface area contributed by atoms with Crippen molar-refractivity contribution in [2.45, 2.75) is 12.7 Å². The van der Waals surface area contributed by atoms with Crippen molar-refractivity contribution in [2.75, 3.05) is 5.73 Å². The maximum atomic E-state index is 11.6. The van der Waals surface area contributed by atoms with Gasteiger partial charge in [0, 0.05) is 0 Å². The van der Waals surface area contributed by atoms with Gasteiger partial charge in [0.05, 0.1) is 6.20 Å². The standard InChI is InChI=1S/C4H5F3N4/c5-4(6,7)2-11-1-3(8)9-10-11/h1H,2,8H2. The monoisotopic (exact) mass is 166 g/mol. The summed E-state index contributed by atoms with van der Waals surface area (Å²) in [5.74, 6) is -0.0192. The minimum absolute atomic E-state index is 0.0192. The minimum Gasteiger partial charge on any atom is -0.381 e. The molecule has 4 nitrogen and oxygen atoms in total. The van der Waals surface area contributed by atoms with Crippen LogP contribution in [0.5, 0.6) is 0 Å². The number of nitrogen functional groups attached to an aromatic ring is 1. The summed E-state index contributed by atoms with van der Waals surface area (Å²) < 4.78 is 35.5. The van der Waals surface area contributed by atoms with E-state index < -0.39 is 12.7 Å². The number of rotatable bonds is 1. The molecule has 0 saturated carbocycles. The van der Waals surface area contributed by atoms with E-state index in [-0.39, 0.29) is 5.82 Å². The van der Waals surface area contributed by atoms with Gasteiger partial charge in [-0.25, -0.2) is 4.68 Å². The number of nitrogens with zero attached hydrogens (tertiary/aromatic N) is 3. The van der Waals surface area contributed by atoms with Crippen molar-refractivity contribution in [3.05, 3.63) is 6.20 Å². The summed E-state index contributed by atoms with van der Waals surface area (Å²) in [6.07, 6.45) is -3.26. The Balaban J connectivity index is 2.65. The Bertz CT molecular complexity index is 240. The normalized spacial score (nSPS) is 11.9. The van der Waals surface area contributed by atoms with Crippen LogP contribution in [0.2, 0.25) is 0 Å². The van der Waals surface area contributed by atoms with Crippen LogP contribution in [0, 0.1) is 0 Å². The average molecular weight is 166 g/mol. The molecule has 7 heteroatoms. The van der Waals surface area contributed by atoms with E-state index in [1.807, 2.05) is 0 Å². The molecule has 11 heavy (non-hydrogen) atoms. The molecule has 0 aliphatic rings. The molecule has 2 N–H and O–H groups in total. The van der Waals surface area contributed by atoms with Crippen molar-refractivity contribution in [1.29, 1.82) is 0 Å². The molecule has 0 spiro atoms. The van der Waals surface area contributed by atoms with E-state index in [1.54, 1.807) is 0 Å². The summed E-state index contributed by atoms with van der Waals surface area (Å²) in [5.41, 5.74) is 5.04. The lowest BCUT2D eigenvalue weighted by molar-refractivity contribution is -0.142. The molecule has 0 amide bonds. The van der Waals surface area contributed by atoms with Crippen LogP contribution < -0.4 is 5.73 Å². The molecule has 0 fully saturated rings. The van der Waals surface area contributed by atoms with Crippen LogP contribution in [0.15, 0.2) is 6.20 Å². The molecular formula is C4H5F3N4. The Kier molecular flexibility index (Phi) is 1.71. The molecule has 1 rings (SSSR count). The number of hydrogen-bond acceptors (Lipinski definition) is 3. The Morgan fingerprint density at radius 2 is 2.18 bits per heavy atom. The molecule has 0 atom stereocenters. The number of aromatic nitrogens is 3. The number of hydrogen-bond donors (Lipinski definition) is 1. The van der Waals surface area contributed by atoms with Crippen molar-refractivity contribution in [3.8, 4) is 0 Å². The molecule has 1 aromatic heterocycles. The van der Waals surface area contributed by atoms with E-state index in [0.29, 0.717) is 4.68 Å². The van der Waals surface area contributed by atoms with Gasteiger partial charge in [0.15, 0.2) is 5.82 Å². The molecule has 62 valence electrons. The summed E-state index contributed by atoms with van der Waals surface area (Å²) in [6, 6.07) is 0. The lowest BCUT2D eigenvalue weighted by Crippen LogP contribution is -2.17. The largest absolute Gasteiger partial charge is 0.408 e. The zero-order valence-electron chi connectivity index (χ0n) is 5.34. The van der Waals surface area contributed by atoms with Gasteiger partial charge in [-0.3, -0.25) is 0 Å². The lowest BCUT2D eigenvalue weighted by atomic mass is 10.6. The van der Waals surface area contributed by atoms with Gasteiger partial charge < -0.3 is 5.73 Å². The molecule has 0 radical (unpaired) electrons. The first-order valence-corrected chi connectivity index (χ1v) is 2.70. The second kappa shape index (κ2) is 2.40. The van der Waals surface area contributed by atoms with Gasteiger partial charge in [-0.2, -0.15) is 13.2 Å². The Hall–Kier alpha value is -1.27. The lowest BCUT2D eigenvalue weighted by Gasteiger charge is -2.03. The van der Waals surface area contributed by atoms with Gasteiger partial charge >= 0.3 is 6.18 Å². The molecule has 0 bridgehead atoms. The highest BCUT2D eigenvalue weighted by Gasteiger charge is 2.28. The van der Waals surface area contributed by atoms with Crippen molar-refractivity contribution >= 4 is 5.82 Å². The fourth-order valence-corrected chi connectivity index (χ4v) is 0.574. The van der Waals surface area contributed by atoms with E-state index in [0.717, 1.165) is 6.20 Å². The van der Waals surface area contributed by atoms with Crippen molar-refractivity contribution in [1.82, 2.24) is 15.0 Å². The third-order valence-electron chi connectivity index (χ3n) is 0.898. The molecule has 0 aromatic carbocycles. The third kappa shape index (κ3) is 2.44. The zero-order chi connectivity index (χ0) is 8.48. The van der Waals surface area contributed by atoms with E-state index in [1.165, 1.54) is 0 Å². The quantitative estimate of drug-likeness (QED) is 0.657. The van der Waals surface area contributed by atoms with Crippen LogP contribution in [0.3, 0.4) is 0 Å². The highest BCUT2D eigenvalue weighted by molar-refractivity contribution is 5.19. The summed E-state index contributed by atoms with van der Waals surface area (Å²) in [5, 5.41) is 6.31. The van der Waals surface area contributed by atoms with Crippen molar-refractivity contribution in [3.63, 3.8) is 0 Å². The van der Waals surface area contributed by atoms with Crippen LogP contribution in [0.4, 0.5) is 19.0 Å². The second-order valence-electron chi connectivity index (χ2n) is 1.96. The Labute approximate surface area is 59.8 Å². The molecule has 0 unspecified atom stereocenters. The highest BCUT2D eigenvalue weighted by Crippen LogP contribution is 2.16. The van der Waals surface area contributed by atoms with Crippen LogP contribution in [-0.4, -0.2) is 21.2 Å². The fourth-order valence-electron chi connectivity index (χ4n) is 0.574. The predicted octanol–water partition coefficient (Wildman–Crippen LogP) is 0.423. The first kappa shape index (κ1) is 7.83. The minimum atomic E-state index is -4.28. The SMILES string of the molecule is Nc1cn(CC(F)(F)F)nn1. The van der Waals surface area contributed by atoms with Gasteiger partial charge in [0.2, 0.25) is 0 Å². The van der Waals surface area contributed by atoms with Gasteiger partial charge in [0.25, 0.3) is 0 Å². The smallest absolute Gasteiger partial charge is 0.381 e. The van der Waals surface area contributed by atoms with Gasteiger partial charge in [0.1, 0.15) is 6.54 Å². The first-order chi connectivity index (χ1) is 4.97. The molecule has 0 aliphatic carbocycles. The molecule has 1 heterocycles. The first-order valence-electron chi connectivity index (χ1n) is 2.70. The topological polar surface area (TPSA) is 56.7 Å². The molecule has 0 saturated heterocycles. The zero-order valence-corrected chi connectivity index (χ0v) is 5.34. The maximum absolute atomic E-state index is 11.6. The average Bonchev–Trinajstić information content (AvgIpc) is 2.10. The number of halogens is 3. The van der Waals surface area contributed by atoms with Gasteiger partial charge in [-0.15, -0.1) is 5.10 Å². The second-order valence-corrected chi connectivity index (χ2v) is 1.96. The van der Waals surface area contributed by atoms with Crippen LogP contribution in [0.25, 0.3) is 0 Å². The summed E-state index contributed by atoms with van der Waals surface area (Å²) in [7, 11) is 0. The van der Waals surface area contributed by atoms with E-state index in [2.05, 4.69) is 10.3 Å². The number of alkyl halides is 3.